The molecule has 2 atom stereocenters. The summed E-state index contributed by atoms with van der Waals surface area (Å²) >= 11 is 1.45. The van der Waals surface area contributed by atoms with Crippen LogP contribution >= 0.6 is 11.3 Å². The van der Waals surface area contributed by atoms with Crippen LogP contribution in [0.2, 0.25) is 0 Å². The number of hydrogen-bond donors (Lipinski definition) is 3. The Bertz CT molecular complexity index is 1220. The molecule has 1 aliphatic rings. The quantitative estimate of drug-likeness (QED) is 0.467. The van der Waals surface area contributed by atoms with Gasteiger partial charge in [0, 0.05) is 29.8 Å². The Morgan fingerprint density at radius 1 is 1.20 bits per heavy atom. The average Bonchev–Trinajstić information content (AvgIpc) is 3.19. The molecule has 0 radical (unpaired) electrons. The van der Waals surface area contributed by atoms with Crippen LogP contribution in [-0.4, -0.2) is 41.2 Å². The summed E-state index contributed by atoms with van der Waals surface area (Å²) < 4.78 is 6.25. The monoisotopic (exact) mass is 419 g/mol. The second-order valence-corrected chi connectivity index (χ2v) is 8.26. The Hall–Kier alpha value is -3.07. The van der Waals surface area contributed by atoms with E-state index in [1.807, 2.05) is 47.8 Å². The minimum Gasteiger partial charge on any atom is -0.380 e. The minimum atomic E-state index is -0.191. The van der Waals surface area contributed by atoms with Crippen LogP contribution in [0.3, 0.4) is 0 Å². The number of nitrogens with zero attached hydrogens (tertiary/aromatic N) is 2. The van der Waals surface area contributed by atoms with E-state index < -0.39 is 0 Å². The first-order valence-corrected chi connectivity index (χ1v) is 10.7. The lowest BCUT2D eigenvalue weighted by atomic mass is 10.1. The molecular formula is C22H21N5O2S. The molecular weight excluding hydrogens is 398 g/mol. The second kappa shape index (κ2) is 7.98. The minimum absolute atomic E-state index is 0.0460. The number of thiophene rings is 1. The first kappa shape index (κ1) is 18.9. The molecule has 0 aliphatic carbocycles. The van der Waals surface area contributed by atoms with Gasteiger partial charge >= 0.3 is 0 Å². The van der Waals surface area contributed by atoms with Crippen LogP contribution in [0, 0.1) is 0 Å². The largest absolute Gasteiger partial charge is 0.380 e. The maximum absolute atomic E-state index is 13.0. The van der Waals surface area contributed by atoms with Crippen molar-refractivity contribution < 1.29 is 9.53 Å². The standard InChI is InChI=1S/C22H21N5O2S/c23-17-11-29-8-7-18(17)26-22-24-10-19-20(27-22)16(12-30-19)21(28)25-15-6-5-13-3-1-2-4-14(13)9-15/h1-6,9-10,12,17-18H,7-8,11,23H2,(H,25,28)(H,24,26,27). The predicted molar refractivity (Wildman–Crippen MR) is 120 cm³/mol. The Morgan fingerprint density at radius 2 is 2.07 bits per heavy atom. The van der Waals surface area contributed by atoms with Crippen molar-refractivity contribution >= 4 is 49.9 Å². The average molecular weight is 420 g/mol. The first-order valence-electron chi connectivity index (χ1n) is 9.81. The van der Waals surface area contributed by atoms with Crippen molar-refractivity contribution in [1.29, 1.82) is 0 Å². The second-order valence-electron chi connectivity index (χ2n) is 7.35. The molecule has 5 rings (SSSR count). The Kier molecular flexibility index (Phi) is 5.04. The molecule has 0 spiro atoms. The van der Waals surface area contributed by atoms with E-state index in [1.54, 1.807) is 6.20 Å². The lowest BCUT2D eigenvalue weighted by Crippen LogP contribution is -2.47. The van der Waals surface area contributed by atoms with Crippen LogP contribution in [0.25, 0.3) is 21.0 Å². The smallest absolute Gasteiger partial charge is 0.258 e. The zero-order valence-corrected chi connectivity index (χ0v) is 17.0. The molecule has 2 aromatic carbocycles. The summed E-state index contributed by atoms with van der Waals surface area (Å²) in [5, 5.41) is 10.3. The zero-order chi connectivity index (χ0) is 20.5. The van der Waals surface area contributed by atoms with Gasteiger partial charge in [0.25, 0.3) is 5.91 Å². The number of ether oxygens (including phenoxy) is 1. The van der Waals surface area contributed by atoms with E-state index in [0.29, 0.717) is 30.2 Å². The van der Waals surface area contributed by atoms with Gasteiger partial charge in [-0.2, -0.15) is 0 Å². The summed E-state index contributed by atoms with van der Waals surface area (Å²) in [6.45, 7) is 1.17. The lowest BCUT2D eigenvalue weighted by molar-refractivity contribution is 0.0751. The fourth-order valence-electron chi connectivity index (χ4n) is 3.63. The van der Waals surface area contributed by atoms with Crippen LogP contribution in [-0.2, 0) is 4.74 Å². The fourth-order valence-corrected chi connectivity index (χ4v) is 4.47. The van der Waals surface area contributed by atoms with Gasteiger partial charge in [0.05, 0.1) is 28.6 Å². The van der Waals surface area contributed by atoms with Crippen LogP contribution in [0.4, 0.5) is 11.6 Å². The van der Waals surface area contributed by atoms with Gasteiger partial charge in [-0.25, -0.2) is 9.97 Å². The normalized spacial score (nSPS) is 19.1. The molecule has 2 unspecified atom stereocenters. The molecule has 1 saturated heterocycles. The highest BCUT2D eigenvalue weighted by Crippen LogP contribution is 2.27. The van der Waals surface area contributed by atoms with Crippen molar-refractivity contribution in [3.8, 4) is 0 Å². The van der Waals surface area contributed by atoms with Crippen LogP contribution in [0.5, 0.6) is 0 Å². The number of carbonyl (C=O) groups is 1. The van der Waals surface area contributed by atoms with Gasteiger partial charge in [0.15, 0.2) is 0 Å². The molecule has 8 heteroatoms. The number of aromatic nitrogens is 2. The van der Waals surface area contributed by atoms with Gasteiger partial charge < -0.3 is 21.1 Å². The number of anilines is 2. The number of nitrogens with two attached hydrogens (primary N) is 1. The lowest BCUT2D eigenvalue weighted by Gasteiger charge is -2.29. The van der Waals surface area contributed by atoms with E-state index in [4.69, 9.17) is 10.5 Å². The summed E-state index contributed by atoms with van der Waals surface area (Å²) in [5.74, 6) is 0.284. The van der Waals surface area contributed by atoms with E-state index in [-0.39, 0.29) is 18.0 Å². The number of rotatable bonds is 4. The van der Waals surface area contributed by atoms with Crippen molar-refractivity contribution in [2.75, 3.05) is 23.8 Å². The van der Waals surface area contributed by atoms with Gasteiger partial charge in [0.2, 0.25) is 5.95 Å². The molecule has 0 bridgehead atoms. The summed E-state index contributed by atoms with van der Waals surface area (Å²) in [6.07, 6.45) is 2.54. The van der Waals surface area contributed by atoms with Crippen molar-refractivity contribution in [1.82, 2.24) is 9.97 Å². The Balaban J connectivity index is 1.39. The third-order valence-corrected chi connectivity index (χ3v) is 6.19. The highest BCUT2D eigenvalue weighted by molar-refractivity contribution is 7.17. The number of hydrogen-bond acceptors (Lipinski definition) is 7. The van der Waals surface area contributed by atoms with Gasteiger partial charge in [-0.3, -0.25) is 4.79 Å². The highest BCUT2D eigenvalue weighted by Gasteiger charge is 2.23. The number of benzene rings is 2. The van der Waals surface area contributed by atoms with Crippen molar-refractivity contribution in [2.45, 2.75) is 18.5 Å². The van der Waals surface area contributed by atoms with E-state index in [2.05, 4.69) is 20.6 Å². The molecule has 1 amide bonds. The summed E-state index contributed by atoms with van der Waals surface area (Å²) in [6, 6.07) is 13.9. The number of carbonyl (C=O) groups excluding carboxylic acids is 1. The van der Waals surface area contributed by atoms with Gasteiger partial charge in [-0.05, 0) is 29.3 Å². The maximum atomic E-state index is 13.0. The predicted octanol–water partition coefficient (Wildman–Crippen LogP) is 3.62. The Labute approximate surface area is 177 Å². The number of fused-ring (bicyclic) bond motifs is 2. The highest BCUT2D eigenvalue weighted by atomic mass is 32.1. The van der Waals surface area contributed by atoms with Crippen molar-refractivity contribution in [3.05, 3.63) is 59.6 Å². The molecule has 0 saturated carbocycles. The molecule has 4 N–H and O–H groups in total. The Morgan fingerprint density at radius 3 is 2.93 bits per heavy atom. The van der Waals surface area contributed by atoms with E-state index >= 15 is 0 Å². The fraction of sp³-hybridized carbons (Fsp3) is 0.227. The van der Waals surface area contributed by atoms with Crippen LogP contribution in [0.15, 0.2) is 54.0 Å². The molecule has 30 heavy (non-hydrogen) atoms. The number of amides is 1. The summed E-state index contributed by atoms with van der Waals surface area (Å²) in [7, 11) is 0. The van der Waals surface area contributed by atoms with Crippen molar-refractivity contribution in [3.63, 3.8) is 0 Å². The van der Waals surface area contributed by atoms with Gasteiger partial charge in [-0.1, -0.05) is 30.3 Å². The molecule has 1 aliphatic heterocycles. The van der Waals surface area contributed by atoms with E-state index in [1.165, 1.54) is 11.3 Å². The third-order valence-electron chi connectivity index (χ3n) is 5.28. The molecule has 1 fully saturated rings. The molecule has 2 aromatic heterocycles. The number of nitrogens with one attached hydrogen (secondary N) is 2. The van der Waals surface area contributed by atoms with Crippen LogP contribution < -0.4 is 16.4 Å². The molecule has 4 aromatic rings. The summed E-state index contributed by atoms with van der Waals surface area (Å²) in [4.78, 5) is 22.0. The van der Waals surface area contributed by atoms with E-state index in [0.717, 1.165) is 27.6 Å². The van der Waals surface area contributed by atoms with Crippen molar-refractivity contribution in [2.24, 2.45) is 5.73 Å². The first-order chi connectivity index (χ1) is 14.7. The molecule has 3 heterocycles. The molecule has 7 nitrogen and oxygen atoms in total. The maximum Gasteiger partial charge on any atom is 0.258 e. The summed E-state index contributed by atoms with van der Waals surface area (Å²) in [5.41, 5.74) is 8.03. The SMILES string of the molecule is NC1COCCC1Nc1ncc2scc(C(=O)Nc3ccc4ccccc4c3)c2n1. The van der Waals surface area contributed by atoms with Crippen LogP contribution in [0.1, 0.15) is 16.8 Å². The topological polar surface area (TPSA) is 102 Å². The third kappa shape index (κ3) is 3.72. The van der Waals surface area contributed by atoms with Gasteiger partial charge in [0.1, 0.15) is 0 Å². The van der Waals surface area contributed by atoms with E-state index in [9.17, 15) is 4.79 Å². The zero-order valence-electron chi connectivity index (χ0n) is 16.2. The molecule has 152 valence electrons. The van der Waals surface area contributed by atoms with Gasteiger partial charge in [-0.15, -0.1) is 11.3 Å².